The number of imidazole rings is 1. The third kappa shape index (κ3) is 3.31. The molecule has 1 atom stereocenters. The first-order valence-corrected chi connectivity index (χ1v) is 10.0. The molecule has 29 heavy (non-hydrogen) atoms. The zero-order valence-corrected chi connectivity index (χ0v) is 16.8. The molecule has 0 amide bonds. The molecule has 3 aromatic heterocycles. The summed E-state index contributed by atoms with van der Waals surface area (Å²) >= 11 is 1.76. The topological polar surface area (TPSA) is 73.6 Å². The van der Waals surface area contributed by atoms with Crippen LogP contribution in [0, 0.1) is 6.92 Å². The summed E-state index contributed by atoms with van der Waals surface area (Å²) in [7, 11) is 1.60. The largest absolute Gasteiger partial charge is 0.479 e. The molecule has 0 bridgehead atoms. The summed E-state index contributed by atoms with van der Waals surface area (Å²) in [6, 6.07) is 14.4. The van der Waals surface area contributed by atoms with Crippen LogP contribution in [0.15, 0.2) is 60.1 Å². The van der Waals surface area contributed by atoms with Crippen LogP contribution in [0.2, 0.25) is 0 Å². The number of amidine groups is 1. The number of aromatic nitrogens is 3. The lowest BCUT2D eigenvalue weighted by atomic mass is 10.2. The van der Waals surface area contributed by atoms with Gasteiger partial charge in [-0.2, -0.15) is 0 Å². The number of hydrogen-bond acceptors (Lipinski definition) is 7. The molecule has 5 rings (SSSR count). The number of thiophene rings is 1. The second-order valence-corrected chi connectivity index (χ2v) is 7.88. The van der Waals surface area contributed by atoms with E-state index in [1.807, 2.05) is 29.8 Å². The number of nitrogens with one attached hydrogen (secondary N) is 1. The fourth-order valence-corrected chi connectivity index (χ4v) is 4.42. The highest BCUT2D eigenvalue weighted by Gasteiger charge is 2.23. The minimum atomic E-state index is 0.0173. The summed E-state index contributed by atoms with van der Waals surface area (Å²) in [5.74, 6) is 1.08. The van der Waals surface area contributed by atoms with E-state index in [1.54, 1.807) is 24.8 Å². The van der Waals surface area contributed by atoms with Crippen molar-refractivity contribution in [3.63, 3.8) is 0 Å². The molecule has 8 heteroatoms. The molecule has 7 nitrogen and oxygen atoms in total. The standard InChI is InChI=1S/C21H19N5O2S/c1-13-10-26(12-22-13)17-8-7-15(24-21(17)27-2)20-23-16(11-28-25-20)19-9-14-5-3-4-6-18(14)29-19/h3-10,12,16H,11H2,1-2H3,(H,23,25)/t16-/m1/s1. The normalized spacial score (nSPS) is 16.2. The Bertz CT molecular complexity index is 1180. The fraction of sp³-hybridized carbons (Fsp3) is 0.190. The van der Waals surface area contributed by atoms with Crippen molar-refractivity contribution in [2.75, 3.05) is 13.7 Å². The molecule has 1 aliphatic rings. The van der Waals surface area contributed by atoms with Gasteiger partial charge in [0.15, 0.2) is 5.84 Å². The van der Waals surface area contributed by atoms with E-state index in [0.29, 0.717) is 24.0 Å². The number of rotatable bonds is 4. The first-order valence-electron chi connectivity index (χ1n) is 9.22. The molecule has 0 fully saturated rings. The number of nitrogens with zero attached hydrogens (tertiary/aromatic N) is 4. The van der Waals surface area contributed by atoms with Crippen LogP contribution in [-0.4, -0.2) is 34.1 Å². The van der Waals surface area contributed by atoms with Gasteiger partial charge < -0.3 is 19.5 Å². The van der Waals surface area contributed by atoms with E-state index in [4.69, 9.17) is 9.57 Å². The highest BCUT2D eigenvalue weighted by Crippen LogP contribution is 2.31. The van der Waals surface area contributed by atoms with Crippen molar-refractivity contribution in [1.29, 1.82) is 0 Å². The van der Waals surface area contributed by atoms with E-state index in [-0.39, 0.29) is 6.04 Å². The average molecular weight is 405 g/mol. The summed E-state index contributed by atoms with van der Waals surface area (Å²) in [5.41, 5.74) is 2.40. The predicted molar refractivity (Wildman–Crippen MR) is 113 cm³/mol. The Morgan fingerprint density at radius 2 is 2.14 bits per heavy atom. The lowest BCUT2D eigenvalue weighted by Crippen LogP contribution is -2.36. The van der Waals surface area contributed by atoms with Gasteiger partial charge in [0.2, 0.25) is 5.88 Å². The quantitative estimate of drug-likeness (QED) is 0.559. The van der Waals surface area contributed by atoms with Crippen molar-refractivity contribution in [2.45, 2.75) is 13.0 Å². The summed E-state index contributed by atoms with van der Waals surface area (Å²) in [6.07, 6.45) is 3.67. The first-order chi connectivity index (χ1) is 14.2. The molecule has 1 aliphatic heterocycles. The highest BCUT2D eigenvalue weighted by molar-refractivity contribution is 7.19. The molecular weight excluding hydrogens is 386 g/mol. The van der Waals surface area contributed by atoms with Crippen LogP contribution in [0.5, 0.6) is 5.88 Å². The number of methoxy groups -OCH3 is 1. The number of ether oxygens (including phenoxy) is 1. The minimum absolute atomic E-state index is 0.0173. The number of aryl methyl sites for hydroxylation is 1. The molecule has 0 unspecified atom stereocenters. The molecule has 4 heterocycles. The summed E-state index contributed by atoms with van der Waals surface area (Å²) in [5, 5.41) is 8.88. The summed E-state index contributed by atoms with van der Waals surface area (Å²) < 4.78 is 8.65. The molecule has 1 aromatic carbocycles. The van der Waals surface area contributed by atoms with Gasteiger partial charge in [0.05, 0.1) is 25.2 Å². The minimum Gasteiger partial charge on any atom is -0.479 e. The van der Waals surface area contributed by atoms with E-state index in [0.717, 1.165) is 11.4 Å². The van der Waals surface area contributed by atoms with Gasteiger partial charge in [-0.3, -0.25) is 0 Å². The predicted octanol–water partition coefficient (Wildman–Crippen LogP) is 3.82. The third-order valence-electron chi connectivity index (χ3n) is 4.76. The van der Waals surface area contributed by atoms with Crippen molar-refractivity contribution in [3.8, 4) is 11.6 Å². The van der Waals surface area contributed by atoms with E-state index in [1.165, 1.54) is 15.0 Å². The van der Waals surface area contributed by atoms with Crippen LogP contribution in [0.3, 0.4) is 0 Å². The lowest BCUT2D eigenvalue weighted by molar-refractivity contribution is 0.110. The SMILES string of the molecule is COc1nc(C2=NOC[C@H](c3cc4ccccc4s3)N2)ccc1-n1cnc(C)c1. The molecule has 0 aliphatic carbocycles. The Labute approximate surface area is 171 Å². The molecule has 0 saturated heterocycles. The van der Waals surface area contributed by atoms with Gasteiger partial charge in [-0.05, 0) is 36.6 Å². The van der Waals surface area contributed by atoms with Crippen LogP contribution >= 0.6 is 11.3 Å². The zero-order chi connectivity index (χ0) is 19.8. The van der Waals surface area contributed by atoms with Gasteiger partial charge in [0, 0.05) is 15.8 Å². The molecule has 4 aromatic rings. The van der Waals surface area contributed by atoms with E-state index >= 15 is 0 Å². The lowest BCUT2D eigenvalue weighted by Gasteiger charge is -2.23. The van der Waals surface area contributed by atoms with E-state index < -0.39 is 0 Å². The average Bonchev–Trinajstić information content (AvgIpc) is 3.39. The Morgan fingerprint density at radius 1 is 1.24 bits per heavy atom. The molecule has 146 valence electrons. The smallest absolute Gasteiger partial charge is 0.238 e. The fourth-order valence-electron chi connectivity index (χ4n) is 3.32. The number of pyridine rings is 1. The van der Waals surface area contributed by atoms with Crippen LogP contribution in [0.4, 0.5) is 0 Å². The summed E-state index contributed by atoms with van der Waals surface area (Å²) in [6.45, 7) is 2.41. The molecular formula is C21H19N5O2S. The van der Waals surface area contributed by atoms with Crippen LogP contribution in [0.1, 0.15) is 22.3 Å². The molecule has 1 N–H and O–H groups in total. The van der Waals surface area contributed by atoms with Crippen molar-refractivity contribution < 1.29 is 9.57 Å². The van der Waals surface area contributed by atoms with Crippen LogP contribution in [0.25, 0.3) is 15.8 Å². The second kappa shape index (κ2) is 7.21. The number of benzene rings is 1. The van der Waals surface area contributed by atoms with Crippen LogP contribution in [-0.2, 0) is 4.84 Å². The van der Waals surface area contributed by atoms with Crippen molar-refractivity contribution >= 4 is 27.3 Å². The van der Waals surface area contributed by atoms with Crippen LogP contribution < -0.4 is 10.1 Å². The zero-order valence-electron chi connectivity index (χ0n) is 16.0. The maximum absolute atomic E-state index is 5.53. The van der Waals surface area contributed by atoms with Gasteiger partial charge >= 0.3 is 0 Å². The summed E-state index contributed by atoms with van der Waals surface area (Å²) in [4.78, 5) is 15.6. The van der Waals surface area contributed by atoms with E-state index in [2.05, 4.69) is 50.8 Å². The van der Waals surface area contributed by atoms with Crippen molar-refractivity contribution in [1.82, 2.24) is 19.9 Å². The Balaban J connectivity index is 1.43. The van der Waals surface area contributed by atoms with Gasteiger partial charge in [0.25, 0.3) is 0 Å². The Hall–Kier alpha value is -3.39. The number of oxime groups is 1. The van der Waals surface area contributed by atoms with Crippen molar-refractivity contribution in [2.24, 2.45) is 5.16 Å². The monoisotopic (exact) mass is 405 g/mol. The van der Waals surface area contributed by atoms with Gasteiger partial charge in [-0.1, -0.05) is 23.4 Å². The Kier molecular flexibility index (Phi) is 4.40. The molecule has 0 radical (unpaired) electrons. The maximum atomic E-state index is 5.53. The maximum Gasteiger partial charge on any atom is 0.238 e. The molecule has 0 saturated carbocycles. The van der Waals surface area contributed by atoms with Gasteiger partial charge in [-0.15, -0.1) is 11.3 Å². The second-order valence-electron chi connectivity index (χ2n) is 6.77. The number of fused-ring (bicyclic) bond motifs is 1. The molecule has 0 spiro atoms. The van der Waals surface area contributed by atoms with Gasteiger partial charge in [-0.25, -0.2) is 9.97 Å². The van der Waals surface area contributed by atoms with Crippen molar-refractivity contribution in [3.05, 3.63) is 71.3 Å². The van der Waals surface area contributed by atoms with Gasteiger partial charge in [0.1, 0.15) is 18.0 Å². The van der Waals surface area contributed by atoms with E-state index in [9.17, 15) is 0 Å². The Morgan fingerprint density at radius 3 is 2.93 bits per heavy atom. The first kappa shape index (κ1) is 17.7. The third-order valence-corrected chi connectivity index (χ3v) is 5.99. The number of hydrogen-bond donors (Lipinski definition) is 1. The highest BCUT2D eigenvalue weighted by atomic mass is 32.1.